The van der Waals surface area contributed by atoms with Crippen molar-refractivity contribution in [2.75, 3.05) is 7.11 Å². The molecule has 66 valence electrons. The molecule has 0 saturated heterocycles. The average Bonchev–Trinajstić information content (AvgIpc) is 2.06. The number of benzene rings is 1. The largest absolute Gasteiger partial charge is 0.380 e. The van der Waals surface area contributed by atoms with E-state index in [0.29, 0.717) is 0 Å². The number of ether oxygens (including phenoxy) is 1. The Balaban J connectivity index is 3.14. The normalized spacial score (nSPS) is 10.3. The summed E-state index contributed by atoms with van der Waals surface area (Å²) in [6.07, 6.45) is 0. The van der Waals surface area contributed by atoms with Gasteiger partial charge in [0.05, 0.1) is 12.2 Å². The van der Waals surface area contributed by atoms with Crippen LogP contribution in [0.4, 0.5) is 13.2 Å². The molecule has 0 heterocycles. The summed E-state index contributed by atoms with van der Waals surface area (Å²) in [5.74, 6) is -3.05. The number of halogens is 3. The van der Waals surface area contributed by atoms with E-state index in [0.717, 1.165) is 12.1 Å². The van der Waals surface area contributed by atoms with Crippen LogP contribution in [0.5, 0.6) is 0 Å². The molecule has 0 aliphatic heterocycles. The predicted molar refractivity (Wildman–Crippen MR) is 37.0 cm³/mol. The minimum absolute atomic E-state index is 0.268. The van der Waals surface area contributed by atoms with E-state index >= 15 is 0 Å². The van der Waals surface area contributed by atoms with Crippen LogP contribution >= 0.6 is 0 Å². The Kier molecular flexibility index (Phi) is 2.70. The highest BCUT2D eigenvalue weighted by Crippen LogP contribution is 2.16. The van der Waals surface area contributed by atoms with Gasteiger partial charge in [-0.3, -0.25) is 0 Å². The molecule has 1 aromatic carbocycles. The van der Waals surface area contributed by atoms with E-state index in [2.05, 4.69) is 4.74 Å². The van der Waals surface area contributed by atoms with Crippen LogP contribution in [0.3, 0.4) is 0 Å². The molecular formula is C8H7F3O. The Bertz CT molecular complexity index is 286. The van der Waals surface area contributed by atoms with E-state index in [4.69, 9.17) is 0 Å². The number of rotatable bonds is 2. The second-order valence-electron chi connectivity index (χ2n) is 2.25. The Morgan fingerprint density at radius 3 is 2.33 bits per heavy atom. The zero-order valence-electron chi connectivity index (χ0n) is 6.40. The molecule has 0 aromatic heterocycles. The molecule has 1 aromatic rings. The molecule has 0 amide bonds. The van der Waals surface area contributed by atoms with E-state index in [1.807, 2.05) is 0 Å². The Morgan fingerprint density at radius 2 is 1.75 bits per heavy atom. The van der Waals surface area contributed by atoms with Crippen LogP contribution in [0.15, 0.2) is 12.1 Å². The maximum Gasteiger partial charge on any atom is 0.167 e. The summed E-state index contributed by atoms with van der Waals surface area (Å²) in [6.45, 7) is -0.268. The molecule has 1 nitrogen and oxygen atoms in total. The van der Waals surface area contributed by atoms with Crippen LogP contribution < -0.4 is 0 Å². The van der Waals surface area contributed by atoms with Crippen molar-refractivity contribution >= 4 is 0 Å². The van der Waals surface area contributed by atoms with Gasteiger partial charge in [-0.05, 0) is 12.1 Å². The summed E-state index contributed by atoms with van der Waals surface area (Å²) in [7, 11) is 1.28. The van der Waals surface area contributed by atoms with Crippen molar-refractivity contribution < 1.29 is 17.9 Å². The van der Waals surface area contributed by atoms with Crippen LogP contribution in [-0.2, 0) is 11.3 Å². The molecule has 0 atom stereocenters. The maximum absolute atomic E-state index is 12.8. The van der Waals surface area contributed by atoms with Crippen molar-refractivity contribution in [3.05, 3.63) is 35.1 Å². The van der Waals surface area contributed by atoms with Gasteiger partial charge in [0.15, 0.2) is 11.6 Å². The molecule has 0 aliphatic rings. The summed E-state index contributed by atoms with van der Waals surface area (Å²) < 4.78 is 42.5. The molecule has 0 saturated carbocycles. The van der Waals surface area contributed by atoms with Crippen LogP contribution in [0.25, 0.3) is 0 Å². The summed E-state index contributed by atoms with van der Waals surface area (Å²) in [6, 6.07) is 1.61. The summed E-state index contributed by atoms with van der Waals surface area (Å²) >= 11 is 0. The highest BCUT2D eigenvalue weighted by molar-refractivity contribution is 5.20. The van der Waals surface area contributed by atoms with Gasteiger partial charge in [-0.2, -0.15) is 0 Å². The highest BCUT2D eigenvalue weighted by Gasteiger charge is 2.12. The first kappa shape index (κ1) is 9.06. The van der Waals surface area contributed by atoms with Crippen molar-refractivity contribution in [2.45, 2.75) is 6.61 Å². The average molecular weight is 176 g/mol. The number of hydrogen-bond acceptors (Lipinski definition) is 1. The minimum Gasteiger partial charge on any atom is -0.380 e. The lowest BCUT2D eigenvalue weighted by molar-refractivity contribution is 0.176. The molecular weight excluding hydrogens is 169 g/mol. The third kappa shape index (κ3) is 1.58. The van der Waals surface area contributed by atoms with Crippen LogP contribution in [-0.4, -0.2) is 7.11 Å². The van der Waals surface area contributed by atoms with Gasteiger partial charge < -0.3 is 4.74 Å². The first-order chi connectivity index (χ1) is 5.66. The summed E-state index contributed by atoms with van der Waals surface area (Å²) in [4.78, 5) is 0. The molecule has 0 aliphatic carbocycles. The molecule has 4 heteroatoms. The predicted octanol–water partition coefficient (Wildman–Crippen LogP) is 2.25. The molecule has 0 spiro atoms. The van der Waals surface area contributed by atoms with Gasteiger partial charge in [-0.1, -0.05) is 0 Å². The Hall–Kier alpha value is -1.03. The van der Waals surface area contributed by atoms with Crippen molar-refractivity contribution in [1.29, 1.82) is 0 Å². The van der Waals surface area contributed by atoms with Gasteiger partial charge in [-0.25, -0.2) is 13.2 Å². The molecule has 0 fully saturated rings. The SMILES string of the molecule is COCc1c(F)ccc(F)c1F. The second-order valence-corrected chi connectivity index (χ2v) is 2.25. The standard InChI is InChI=1S/C8H7F3O/c1-12-4-5-6(9)2-3-7(10)8(5)11/h2-3H,4H2,1H3. The third-order valence-electron chi connectivity index (χ3n) is 1.43. The minimum atomic E-state index is -1.18. The smallest absolute Gasteiger partial charge is 0.167 e. The van der Waals surface area contributed by atoms with Gasteiger partial charge in [0.1, 0.15) is 5.82 Å². The quantitative estimate of drug-likeness (QED) is 0.628. The van der Waals surface area contributed by atoms with E-state index in [1.165, 1.54) is 7.11 Å². The van der Waals surface area contributed by atoms with Crippen LogP contribution in [0.1, 0.15) is 5.56 Å². The zero-order chi connectivity index (χ0) is 9.14. The van der Waals surface area contributed by atoms with Gasteiger partial charge in [0.25, 0.3) is 0 Å². The van der Waals surface area contributed by atoms with Crippen molar-refractivity contribution in [1.82, 2.24) is 0 Å². The van der Waals surface area contributed by atoms with Gasteiger partial charge in [-0.15, -0.1) is 0 Å². The number of hydrogen-bond donors (Lipinski definition) is 0. The lowest BCUT2D eigenvalue weighted by Crippen LogP contribution is -1.99. The summed E-state index contributed by atoms with van der Waals surface area (Å²) in [5, 5.41) is 0. The number of methoxy groups -OCH3 is 1. The molecule has 0 radical (unpaired) electrons. The Morgan fingerprint density at radius 1 is 1.17 bits per heavy atom. The molecule has 0 unspecified atom stereocenters. The van der Waals surface area contributed by atoms with Crippen molar-refractivity contribution in [3.8, 4) is 0 Å². The molecule has 12 heavy (non-hydrogen) atoms. The highest BCUT2D eigenvalue weighted by atomic mass is 19.2. The lowest BCUT2D eigenvalue weighted by atomic mass is 10.2. The lowest BCUT2D eigenvalue weighted by Gasteiger charge is -2.03. The van der Waals surface area contributed by atoms with E-state index < -0.39 is 17.5 Å². The molecule has 0 bridgehead atoms. The molecule has 0 N–H and O–H groups in total. The van der Waals surface area contributed by atoms with Crippen LogP contribution in [0, 0.1) is 17.5 Å². The van der Waals surface area contributed by atoms with Gasteiger partial charge >= 0.3 is 0 Å². The van der Waals surface area contributed by atoms with E-state index in [-0.39, 0.29) is 12.2 Å². The fourth-order valence-electron chi connectivity index (χ4n) is 0.846. The fourth-order valence-corrected chi connectivity index (χ4v) is 0.846. The first-order valence-electron chi connectivity index (χ1n) is 3.28. The third-order valence-corrected chi connectivity index (χ3v) is 1.43. The van der Waals surface area contributed by atoms with E-state index in [9.17, 15) is 13.2 Å². The van der Waals surface area contributed by atoms with Crippen molar-refractivity contribution in [3.63, 3.8) is 0 Å². The first-order valence-corrected chi connectivity index (χ1v) is 3.28. The fraction of sp³-hybridized carbons (Fsp3) is 0.250. The van der Waals surface area contributed by atoms with Gasteiger partial charge in [0.2, 0.25) is 0 Å². The zero-order valence-corrected chi connectivity index (χ0v) is 6.40. The van der Waals surface area contributed by atoms with Crippen LogP contribution in [0.2, 0.25) is 0 Å². The summed E-state index contributed by atoms with van der Waals surface area (Å²) in [5.41, 5.74) is -0.377. The monoisotopic (exact) mass is 176 g/mol. The topological polar surface area (TPSA) is 9.23 Å². The van der Waals surface area contributed by atoms with E-state index in [1.54, 1.807) is 0 Å². The molecule has 1 rings (SSSR count). The van der Waals surface area contributed by atoms with Gasteiger partial charge in [0, 0.05) is 7.11 Å². The van der Waals surface area contributed by atoms with Crippen molar-refractivity contribution in [2.24, 2.45) is 0 Å². The maximum atomic E-state index is 12.8. The Labute approximate surface area is 67.8 Å². The second kappa shape index (κ2) is 3.58.